The van der Waals surface area contributed by atoms with Crippen LogP contribution in [0.15, 0.2) is 46.2 Å². The van der Waals surface area contributed by atoms with Gasteiger partial charge in [0.05, 0.1) is 17.6 Å². The SMILES string of the molecule is COc1cc(C(=O)c2c(-c3cccs3)oc3c(OP(=O)([O-])[O-])c(C)ccc23)cc(C)c1C.[Na+].[Na+]. The van der Waals surface area contributed by atoms with Crippen LogP contribution in [0.25, 0.3) is 21.6 Å². The average molecular weight is 516 g/mol. The molecule has 2 aromatic carbocycles. The van der Waals surface area contributed by atoms with Gasteiger partial charge in [0.1, 0.15) is 13.6 Å². The monoisotopic (exact) mass is 516 g/mol. The third kappa shape index (κ3) is 5.73. The molecule has 0 aliphatic carbocycles. The van der Waals surface area contributed by atoms with E-state index in [1.165, 1.54) is 18.4 Å². The van der Waals surface area contributed by atoms with E-state index < -0.39 is 7.82 Å². The van der Waals surface area contributed by atoms with E-state index >= 15 is 0 Å². The number of rotatable bonds is 6. The minimum atomic E-state index is -5.35. The number of phosphoric ester groups is 1. The van der Waals surface area contributed by atoms with Crippen LogP contribution in [0.5, 0.6) is 11.5 Å². The van der Waals surface area contributed by atoms with Gasteiger partial charge in [-0.05, 0) is 67.1 Å². The fourth-order valence-electron chi connectivity index (χ4n) is 3.58. The maximum absolute atomic E-state index is 13.7. The second-order valence-electron chi connectivity index (χ2n) is 7.36. The Morgan fingerprint density at radius 1 is 1.06 bits per heavy atom. The molecule has 0 aliphatic heterocycles. The number of carbonyl (C=O) groups is 1. The van der Waals surface area contributed by atoms with E-state index in [1.54, 1.807) is 37.3 Å². The largest absolute Gasteiger partial charge is 1.00 e. The number of carbonyl (C=O) groups excluding carboxylic acids is 1. The fraction of sp³-hybridized carbons (Fsp3) is 0.174. The summed E-state index contributed by atoms with van der Waals surface area (Å²) in [6.07, 6.45) is 0. The molecule has 4 rings (SSSR count). The van der Waals surface area contributed by atoms with Crippen molar-refractivity contribution in [2.75, 3.05) is 7.11 Å². The summed E-state index contributed by atoms with van der Waals surface area (Å²) in [7, 11) is -3.81. The number of benzene rings is 2. The number of fused-ring (bicyclic) bond motifs is 1. The molecule has 0 fully saturated rings. The summed E-state index contributed by atoms with van der Waals surface area (Å²) in [5, 5.41) is 2.19. The zero-order valence-corrected chi connectivity index (χ0v) is 25.5. The average Bonchev–Trinajstić information content (AvgIpc) is 3.38. The Bertz CT molecular complexity index is 1390. The summed E-state index contributed by atoms with van der Waals surface area (Å²) in [4.78, 5) is 37.1. The minimum absolute atomic E-state index is 0. The molecule has 4 aromatic rings. The maximum Gasteiger partial charge on any atom is 1.00 e. The summed E-state index contributed by atoms with van der Waals surface area (Å²) in [5.74, 6) is 0.317. The Balaban J connectivity index is 0.00000204. The number of hydrogen-bond donors (Lipinski definition) is 0. The van der Waals surface area contributed by atoms with Crippen molar-refractivity contribution in [2.45, 2.75) is 20.8 Å². The molecule has 0 radical (unpaired) electrons. The van der Waals surface area contributed by atoms with E-state index in [0.29, 0.717) is 27.1 Å². The Morgan fingerprint density at radius 3 is 2.35 bits per heavy atom. The maximum atomic E-state index is 13.7. The minimum Gasteiger partial charge on any atom is -0.780 e. The van der Waals surface area contributed by atoms with Crippen LogP contribution in [-0.4, -0.2) is 12.9 Å². The molecule has 0 N–H and O–H groups in total. The molecule has 0 amide bonds. The van der Waals surface area contributed by atoms with Crippen LogP contribution in [0.1, 0.15) is 32.6 Å². The van der Waals surface area contributed by atoms with Crippen molar-refractivity contribution >= 4 is 35.9 Å². The molecule has 0 aliphatic rings. The number of hydrogen-bond acceptors (Lipinski definition) is 8. The number of phosphoric acid groups is 1. The van der Waals surface area contributed by atoms with Crippen molar-refractivity contribution < 1.29 is 91.9 Å². The molecule has 11 heteroatoms. The quantitative estimate of drug-likeness (QED) is 0.175. The number of furan rings is 1. The van der Waals surface area contributed by atoms with Gasteiger partial charge >= 0.3 is 59.1 Å². The van der Waals surface area contributed by atoms with E-state index in [9.17, 15) is 19.1 Å². The predicted octanol–water partition coefficient (Wildman–Crippen LogP) is -1.46. The summed E-state index contributed by atoms with van der Waals surface area (Å²) in [6.45, 7) is 5.38. The summed E-state index contributed by atoms with van der Waals surface area (Å²) in [5.41, 5.74) is 2.88. The van der Waals surface area contributed by atoms with Crippen LogP contribution in [0.2, 0.25) is 0 Å². The van der Waals surface area contributed by atoms with Crippen molar-refractivity contribution in [3.05, 3.63) is 69.6 Å². The predicted molar refractivity (Wildman–Crippen MR) is 118 cm³/mol. The molecule has 0 saturated carbocycles. The van der Waals surface area contributed by atoms with Gasteiger partial charge in [0.2, 0.25) is 0 Å². The van der Waals surface area contributed by atoms with E-state index in [-0.39, 0.29) is 87.6 Å². The van der Waals surface area contributed by atoms with Crippen LogP contribution in [-0.2, 0) is 4.57 Å². The first-order valence-electron chi connectivity index (χ1n) is 9.62. The zero-order chi connectivity index (χ0) is 23.2. The molecule has 34 heavy (non-hydrogen) atoms. The standard InChI is InChI=1S/C23H21O7PS.2Na/c1-12-7-8-16-19(20(24)15-10-13(2)14(3)17(11-15)28-4)23(18-6-5-9-32-18)29-22(16)21(12)30-31(25,26)27;;/h5-11H,1-4H3,(H2,25,26,27);;/q;2*+1/p-2. The van der Waals surface area contributed by atoms with Crippen LogP contribution in [0, 0.1) is 20.8 Å². The van der Waals surface area contributed by atoms with Crippen LogP contribution >= 0.6 is 19.2 Å². The molecule has 0 unspecified atom stereocenters. The van der Waals surface area contributed by atoms with E-state index in [0.717, 1.165) is 11.1 Å². The van der Waals surface area contributed by atoms with Crippen LogP contribution < -0.4 is 78.2 Å². The molecule has 0 saturated heterocycles. The Hall–Kier alpha value is -0.900. The van der Waals surface area contributed by atoms with Crippen LogP contribution in [0.4, 0.5) is 0 Å². The number of thiophene rings is 1. The molecule has 166 valence electrons. The molecule has 0 bridgehead atoms. The Kier molecular flexibility index (Phi) is 9.87. The van der Waals surface area contributed by atoms with Crippen molar-refractivity contribution in [3.63, 3.8) is 0 Å². The van der Waals surface area contributed by atoms with Gasteiger partial charge in [0.15, 0.2) is 22.9 Å². The second kappa shape index (κ2) is 11.4. The summed E-state index contributed by atoms with van der Waals surface area (Å²) in [6, 6.07) is 10.3. The van der Waals surface area contributed by atoms with Crippen molar-refractivity contribution in [3.8, 4) is 22.1 Å². The zero-order valence-electron chi connectivity index (χ0n) is 19.8. The van der Waals surface area contributed by atoms with Crippen molar-refractivity contribution in [1.82, 2.24) is 0 Å². The topological polar surface area (TPSA) is 112 Å². The molecular formula is C23H19Na2O7PS. The van der Waals surface area contributed by atoms with Gasteiger partial charge in [0.25, 0.3) is 0 Å². The van der Waals surface area contributed by atoms with E-state index in [1.807, 2.05) is 25.3 Å². The first-order chi connectivity index (χ1) is 15.1. The van der Waals surface area contributed by atoms with Crippen molar-refractivity contribution in [2.24, 2.45) is 0 Å². The third-order valence-corrected chi connectivity index (χ3v) is 6.56. The fourth-order valence-corrected chi connectivity index (χ4v) is 4.74. The van der Waals surface area contributed by atoms with Gasteiger partial charge in [-0.15, -0.1) is 11.3 Å². The third-order valence-electron chi connectivity index (χ3n) is 5.29. The Labute approximate surface area is 245 Å². The first kappa shape index (κ1) is 29.3. The number of ketones is 1. The number of methoxy groups -OCH3 is 1. The van der Waals surface area contributed by atoms with E-state index in [4.69, 9.17) is 13.7 Å². The second-order valence-corrected chi connectivity index (χ2v) is 9.38. The number of ether oxygens (including phenoxy) is 1. The molecular weight excluding hydrogens is 497 g/mol. The molecule has 2 aromatic heterocycles. The van der Waals surface area contributed by atoms with Gasteiger partial charge in [-0.25, -0.2) is 0 Å². The van der Waals surface area contributed by atoms with Gasteiger partial charge in [-0.1, -0.05) is 12.1 Å². The molecule has 0 atom stereocenters. The van der Waals surface area contributed by atoms with Gasteiger partial charge in [0, 0.05) is 10.9 Å². The summed E-state index contributed by atoms with van der Waals surface area (Å²) < 4.78 is 27.5. The van der Waals surface area contributed by atoms with Gasteiger partial charge < -0.3 is 28.0 Å². The molecule has 2 heterocycles. The normalized spacial score (nSPS) is 11.0. The van der Waals surface area contributed by atoms with Crippen molar-refractivity contribution in [1.29, 1.82) is 0 Å². The molecule has 7 nitrogen and oxygen atoms in total. The first-order valence-corrected chi connectivity index (χ1v) is 12.0. The van der Waals surface area contributed by atoms with Crippen LogP contribution in [0.3, 0.4) is 0 Å². The van der Waals surface area contributed by atoms with E-state index in [2.05, 4.69) is 0 Å². The molecule has 0 spiro atoms. The Morgan fingerprint density at radius 2 is 1.76 bits per heavy atom. The van der Waals surface area contributed by atoms with Gasteiger partial charge in [-0.2, -0.15) is 0 Å². The smallest absolute Gasteiger partial charge is 0.780 e. The number of aryl methyl sites for hydroxylation is 2. The summed E-state index contributed by atoms with van der Waals surface area (Å²) >= 11 is 1.36. The van der Waals surface area contributed by atoms with Gasteiger partial charge in [-0.3, -0.25) is 4.79 Å².